The molecule has 61 heavy (non-hydrogen) atoms. The Bertz CT molecular complexity index is 1250. The van der Waals surface area contributed by atoms with Crippen molar-refractivity contribution >= 4 is 17.9 Å². The molecule has 0 aliphatic carbocycles. The van der Waals surface area contributed by atoms with Crippen LogP contribution < -0.4 is 0 Å². The van der Waals surface area contributed by atoms with Crippen LogP contribution in [0.4, 0.5) is 0 Å². The molecule has 6 nitrogen and oxygen atoms in total. The SMILES string of the molecule is CC/C=C\C/C=C\C/C=C\C/C=C\C/C=C\C/C=C\C/C=C\C/C=C\CCCCCCCCCCC(=O)OCC(COC(=O)CCCCCCC)OC(=O)CCCCCCC. The third-order valence-corrected chi connectivity index (χ3v) is 10.1. The molecular formula is C55H90O6. The van der Waals surface area contributed by atoms with Crippen molar-refractivity contribution in [2.75, 3.05) is 13.2 Å². The number of unbranched alkanes of at least 4 members (excludes halogenated alkanes) is 16. The second-order valence-electron chi connectivity index (χ2n) is 16.0. The second kappa shape index (κ2) is 49.0. The predicted molar refractivity (Wildman–Crippen MR) is 260 cm³/mol. The molecule has 0 bridgehead atoms. The van der Waals surface area contributed by atoms with Gasteiger partial charge in [-0.05, 0) is 83.5 Å². The summed E-state index contributed by atoms with van der Waals surface area (Å²) in [5.41, 5.74) is 0. The predicted octanol–water partition coefficient (Wildman–Crippen LogP) is 16.2. The minimum Gasteiger partial charge on any atom is -0.462 e. The summed E-state index contributed by atoms with van der Waals surface area (Å²) in [7, 11) is 0. The highest BCUT2D eigenvalue weighted by Crippen LogP contribution is 2.13. The molecule has 0 aromatic rings. The van der Waals surface area contributed by atoms with Gasteiger partial charge in [0.2, 0.25) is 0 Å². The number of rotatable bonds is 43. The van der Waals surface area contributed by atoms with Gasteiger partial charge < -0.3 is 14.2 Å². The molecule has 0 saturated carbocycles. The lowest BCUT2D eigenvalue weighted by Gasteiger charge is -2.18. The van der Waals surface area contributed by atoms with Crippen LogP contribution in [0.3, 0.4) is 0 Å². The Kier molecular flexibility index (Phi) is 46.0. The zero-order chi connectivity index (χ0) is 44.4. The molecule has 0 radical (unpaired) electrons. The van der Waals surface area contributed by atoms with Crippen molar-refractivity contribution in [1.29, 1.82) is 0 Å². The fourth-order valence-corrected chi connectivity index (χ4v) is 6.40. The number of esters is 3. The van der Waals surface area contributed by atoms with Gasteiger partial charge in [0.1, 0.15) is 13.2 Å². The van der Waals surface area contributed by atoms with Crippen LogP contribution in [0.15, 0.2) is 97.2 Å². The van der Waals surface area contributed by atoms with E-state index in [2.05, 4.69) is 118 Å². The van der Waals surface area contributed by atoms with Gasteiger partial charge in [-0.25, -0.2) is 0 Å². The lowest BCUT2D eigenvalue weighted by Crippen LogP contribution is -2.30. The van der Waals surface area contributed by atoms with Crippen LogP contribution >= 0.6 is 0 Å². The Morgan fingerprint density at radius 1 is 0.344 bits per heavy atom. The summed E-state index contributed by atoms with van der Waals surface area (Å²) in [4.78, 5) is 37.2. The van der Waals surface area contributed by atoms with Gasteiger partial charge in [-0.2, -0.15) is 0 Å². The lowest BCUT2D eigenvalue weighted by molar-refractivity contribution is -0.167. The van der Waals surface area contributed by atoms with Crippen molar-refractivity contribution < 1.29 is 28.6 Å². The number of allylic oxidation sites excluding steroid dienone is 16. The third-order valence-electron chi connectivity index (χ3n) is 10.1. The zero-order valence-electron chi connectivity index (χ0n) is 39.4. The van der Waals surface area contributed by atoms with Crippen LogP contribution in [0.2, 0.25) is 0 Å². The maximum Gasteiger partial charge on any atom is 0.306 e. The molecule has 6 heteroatoms. The molecule has 0 fully saturated rings. The first-order valence-corrected chi connectivity index (χ1v) is 24.7. The van der Waals surface area contributed by atoms with Crippen molar-refractivity contribution in [3.8, 4) is 0 Å². The molecule has 0 aliphatic rings. The van der Waals surface area contributed by atoms with Gasteiger partial charge in [0.25, 0.3) is 0 Å². The molecule has 0 rings (SSSR count). The molecule has 0 amide bonds. The number of hydrogen-bond donors (Lipinski definition) is 0. The summed E-state index contributed by atoms with van der Waals surface area (Å²) in [5, 5.41) is 0. The summed E-state index contributed by atoms with van der Waals surface area (Å²) in [6.45, 7) is 6.32. The van der Waals surface area contributed by atoms with Crippen LogP contribution in [0, 0.1) is 0 Å². The quantitative estimate of drug-likeness (QED) is 0.0263. The minimum atomic E-state index is -0.770. The van der Waals surface area contributed by atoms with Crippen molar-refractivity contribution in [3.05, 3.63) is 97.2 Å². The van der Waals surface area contributed by atoms with Gasteiger partial charge in [0.05, 0.1) is 0 Å². The van der Waals surface area contributed by atoms with Gasteiger partial charge in [-0.1, -0.05) is 208 Å². The summed E-state index contributed by atoms with van der Waals surface area (Å²) < 4.78 is 16.5. The second-order valence-corrected chi connectivity index (χ2v) is 16.0. The summed E-state index contributed by atoms with van der Waals surface area (Å²) >= 11 is 0. The van der Waals surface area contributed by atoms with Gasteiger partial charge in [-0.3, -0.25) is 14.4 Å². The number of ether oxygens (including phenoxy) is 3. The van der Waals surface area contributed by atoms with E-state index >= 15 is 0 Å². The largest absolute Gasteiger partial charge is 0.462 e. The van der Waals surface area contributed by atoms with Crippen LogP contribution in [0.5, 0.6) is 0 Å². The first-order valence-electron chi connectivity index (χ1n) is 24.7. The lowest BCUT2D eigenvalue weighted by atomic mass is 10.1. The molecule has 0 N–H and O–H groups in total. The van der Waals surface area contributed by atoms with Crippen LogP contribution in [-0.4, -0.2) is 37.2 Å². The van der Waals surface area contributed by atoms with E-state index < -0.39 is 6.10 Å². The van der Waals surface area contributed by atoms with Crippen LogP contribution in [-0.2, 0) is 28.6 Å². The fraction of sp³-hybridized carbons (Fsp3) is 0.655. The van der Waals surface area contributed by atoms with Crippen molar-refractivity contribution in [3.63, 3.8) is 0 Å². The molecule has 0 saturated heterocycles. The van der Waals surface area contributed by atoms with Gasteiger partial charge in [0, 0.05) is 19.3 Å². The molecule has 1 unspecified atom stereocenters. The van der Waals surface area contributed by atoms with E-state index in [9.17, 15) is 14.4 Å². The Balaban J connectivity index is 3.92. The Labute approximate surface area is 375 Å². The molecule has 0 spiro atoms. The molecular weight excluding hydrogens is 757 g/mol. The van der Waals surface area contributed by atoms with E-state index in [-0.39, 0.29) is 31.1 Å². The van der Waals surface area contributed by atoms with E-state index in [0.29, 0.717) is 19.3 Å². The number of hydrogen-bond acceptors (Lipinski definition) is 6. The zero-order valence-corrected chi connectivity index (χ0v) is 39.4. The van der Waals surface area contributed by atoms with E-state index in [0.717, 1.165) is 135 Å². The fourth-order valence-electron chi connectivity index (χ4n) is 6.40. The average molecular weight is 847 g/mol. The smallest absolute Gasteiger partial charge is 0.306 e. The molecule has 1 atom stereocenters. The van der Waals surface area contributed by atoms with E-state index in [4.69, 9.17) is 14.2 Å². The first kappa shape index (κ1) is 57.3. The average Bonchev–Trinajstić information content (AvgIpc) is 3.26. The number of carbonyl (C=O) groups excluding carboxylic acids is 3. The van der Waals surface area contributed by atoms with Crippen molar-refractivity contribution in [2.24, 2.45) is 0 Å². The van der Waals surface area contributed by atoms with Gasteiger partial charge >= 0.3 is 17.9 Å². The molecule has 0 aromatic heterocycles. The van der Waals surface area contributed by atoms with Crippen molar-refractivity contribution in [2.45, 2.75) is 219 Å². The monoisotopic (exact) mass is 847 g/mol. The van der Waals surface area contributed by atoms with Crippen LogP contribution in [0.25, 0.3) is 0 Å². The van der Waals surface area contributed by atoms with E-state index in [1.54, 1.807) is 0 Å². The first-order chi connectivity index (χ1) is 30.0. The Morgan fingerprint density at radius 2 is 0.639 bits per heavy atom. The van der Waals surface area contributed by atoms with E-state index in [1.807, 2.05) is 0 Å². The minimum absolute atomic E-state index is 0.0808. The highest BCUT2D eigenvalue weighted by atomic mass is 16.6. The standard InChI is InChI=1S/C55H90O6/c1-4-7-10-13-14-15-16-17-18-19-20-21-22-23-24-25-26-27-28-29-30-31-32-33-34-35-36-37-38-39-40-43-45-48-54(57)60-51-52(61-55(58)49-46-42-12-9-6-3)50-59-53(56)47-44-41-11-8-5-2/h7,10,14-15,17-18,20-21,23-24,26-27,29-30,32-33,52H,4-6,8-9,11-13,16,19,22,25,28,31,34-51H2,1-3H3/b10-7-,15-14-,18-17-,21-20-,24-23-,27-26-,30-29-,33-32-. The highest BCUT2D eigenvalue weighted by molar-refractivity contribution is 5.71. The summed E-state index contributed by atoms with van der Waals surface area (Å²) in [6, 6.07) is 0. The molecule has 0 heterocycles. The summed E-state index contributed by atoms with van der Waals surface area (Å²) in [6.07, 6.45) is 64.8. The Hall–Kier alpha value is -3.67. The molecule has 346 valence electrons. The van der Waals surface area contributed by atoms with Gasteiger partial charge in [-0.15, -0.1) is 0 Å². The van der Waals surface area contributed by atoms with Crippen molar-refractivity contribution in [1.82, 2.24) is 0 Å². The van der Waals surface area contributed by atoms with Crippen LogP contribution in [0.1, 0.15) is 213 Å². The highest BCUT2D eigenvalue weighted by Gasteiger charge is 2.19. The molecule has 0 aromatic carbocycles. The molecule has 0 aliphatic heterocycles. The Morgan fingerprint density at radius 3 is 1.00 bits per heavy atom. The maximum atomic E-state index is 12.5. The third kappa shape index (κ3) is 47.2. The maximum absolute atomic E-state index is 12.5. The van der Waals surface area contributed by atoms with E-state index in [1.165, 1.54) is 38.5 Å². The van der Waals surface area contributed by atoms with Gasteiger partial charge in [0.15, 0.2) is 6.10 Å². The number of carbonyl (C=O) groups is 3. The normalized spacial score (nSPS) is 12.9. The summed E-state index contributed by atoms with van der Waals surface area (Å²) in [5.74, 6) is -0.926. The topological polar surface area (TPSA) is 78.9 Å².